The number of hydrogen-bond acceptors (Lipinski definition) is 4. The molecule has 2 aromatic carbocycles. The highest BCUT2D eigenvalue weighted by Gasteiger charge is 2.36. The summed E-state index contributed by atoms with van der Waals surface area (Å²) >= 11 is 5.89. The number of anilines is 2. The molecule has 0 saturated carbocycles. The Morgan fingerprint density at radius 2 is 1.80 bits per heavy atom. The Kier molecular flexibility index (Phi) is 8.76. The third-order valence-electron chi connectivity index (χ3n) is 5.39. The minimum Gasteiger partial charge on any atom is -0.462 e. The molecule has 1 atom stereocenters. The molecule has 0 bridgehead atoms. The summed E-state index contributed by atoms with van der Waals surface area (Å²) in [5, 5.41) is 9.02. The van der Waals surface area contributed by atoms with E-state index in [-0.39, 0.29) is 18.6 Å². The van der Waals surface area contributed by atoms with E-state index < -0.39 is 18.0 Å². The second kappa shape index (κ2) is 11.8. The van der Waals surface area contributed by atoms with Gasteiger partial charge in [0.2, 0.25) is 0 Å². The van der Waals surface area contributed by atoms with Crippen LogP contribution in [0.5, 0.6) is 0 Å². The van der Waals surface area contributed by atoms with Crippen LogP contribution in [0.2, 0.25) is 5.02 Å². The monoisotopic (exact) mass is 498 g/mol. The van der Waals surface area contributed by atoms with E-state index >= 15 is 0 Å². The topological polar surface area (TPSA) is 99.8 Å². The van der Waals surface area contributed by atoms with Gasteiger partial charge in [0.05, 0.1) is 18.2 Å². The smallest absolute Gasteiger partial charge is 0.338 e. The maximum atomic E-state index is 13.1. The van der Waals surface area contributed by atoms with E-state index in [1.54, 1.807) is 60.4 Å². The van der Waals surface area contributed by atoms with Gasteiger partial charge in [0.1, 0.15) is 0 Å². The van der Waals surface area contributed by atoms with Gasteiger partial charge in [-0.05, 0) is 61.2 Å². The zero-order valence-corrected chi connectivity index (χ0v) is 21.1. The van der Waals surface area contributed by atoms with Crippen LogP contribution in [-0.4, -0.2) is 36.1 Å². The summed E-state index contributed by atoms with van der Waals surface area (Å²) in [6.45, 7) is 8.40. The molecule has 1 aliphatic heterocycles. The molecule has 4 amide bonds. The van der Waals surface area contributed by atoms with Crippen molar-refractivity contribution in [2.45, 2.75) is 40.2 Å². The molecule has 2 aromatic rings. The molecule has 3 N–H and O–H groups in total. The third-order valence-corrected chi connectivity index (χ3v) is 5.64. The van der Waals surface area contributed by atoms with Crippen LogP contribution in [0.25, 0.3) is 0 Å². The number of halogens is 1. The first-order valence-corrected chi connectivity index (χ1v) is 12.0. The predicted molar refractivity (Wildman–Crippen MR) is 137 cm³/mol. The number of carbonyl (C=O) groups is 3. The minimum atomic E-state index is -0.712. The van der Waals surface area contributed by atoms with E-state index in [9.17, 15) is 14.4 Å². The van der Waals surface area contributed by atoms with Gasteiger partial charge in [-0.1, -0.05) is 44.5 Å². The summed E-state index contributed by atoms with van der Waals surface area (Å²) in [4.78, 5) is 40.0. The summed E-state index contributed by atoms with van der Waals surface area (Å²) in [5.41, 5.74) is 2.68. The Morgan fingerprint density at radius 3 is 2.46 bits per heavy atom. The molecule has 1 aliphatic rings. The molecule has 3 rings (SSSR count). The van der Waals surface area contributed by atoms with Gasteiger partial charge < -0.3 is 20.7 Å². The van der Waals surface area contributed by atoms with E-state index in [0.717, 1.165) is 6.42 Å². The zero-order valence-electron chi connectivity index (χ0n) is 20.4. The van der Waals surface area contributed by atoms with Gasteiger partial charge in [-0.25, -0.2) is 14.4 Å². The SMILES string of the molecule is CCCN1C(=O)N[C@@H](c2cccc(NC(=O)Nc3ccc(Cl)cc3)c2)C(C(=O)OCC(C)C)=C1C. The maximum Gasteiger partial charge on any atom is 0.338 e. The number of esters is 1. The van der Waals surface area contributed by atoms with Crippen LogP contribution in [0.1, 0.15) is 45.7 Å². The van der Waals surface area contributed by atoms with Crippen LogP contribution in [0.4, 0.5) is 21.0 Å². The third kappa shape index (κ3) is 6.76. The number of rotatable bonds is 8. The van der Waals surface area contributed by atoms with Gasteiger partial charge in [-0.15, -0.1) is 0 Å². The second-order valence-corrected chi connectivity index (χ2v) is 9.17. The molecule has 9 heteroatoms. The molecule has 0 spiro atoms. The highest BCUT2D eigenvalue weighted by molar-refractivity contribution is 6.30. The lowest BCUT2D eigenvalue weighted by Gasteiger charge is -2.35. The first-order chi connectivity index (χ1) is 16.7. The molecule has 0 saturated heterocycles. The van der Waals surface area contributed by atoms with E-state index in [4.69, 9.17) is 16.3 Å². The fourth-order valence-corrected chi connectivity index (χ4v) is 3.86. The summed E-state index contributed by atoms with van der Waals surface area (Å²) in [7, 11) is 0. The zero-order chi connectivity index (χ0) is 25.5. The van der Waals surface area contributed by atoms with Crippen molar-refractivity contribution in [3.8, 4) is 0 Å². The summed E-state index contributed by atoms with van der Waals surface area (Å²) in [5.74, 6) is -0.295. The van der Waals surface area contributed by atoms with Gasteiger partial charge >= 0.3 is 18.0 Å². The molecule has 0 unspecified atom stereocenters. The number of nitrogens with one attached hydrogen (secondary N) is 3. The molecular formula is C26H31ClN4O4. The van der Waals surface area contributed by atoms with Crippen molar-refractivity contribution >= 4 is 41.0 Å². The van der Waals surface area contributed by atoms with Crippen LogP contribution < -0.4 is 16.0 Å². The van der Waals surface area contributed by atoms with Gasteiger partial charge in [0.15, 0.2) is 0 Å². The fraction of sp³-hybridized carbons (Fsp3) is 0.346. The molecule has 0 fully saturated rings. The van der Waals surface area contributed by atoms with Gasteiger partial charge in [-0.2, -0.15) is 0 Å². The molecule has 8 nitrogen and oxygen atoms in total. The molecule has 0 aromatic heterocycles. The first kappa shape index (κ1) is 26.1. The number of benzene rings is 2. The molecule has 35 heavy (non-hydrogen) atoms. The largest absolute Gasteiger partial charge is 0.462 e. The lowest BCUT2D eigenvalue weighted by molar-refractivity contribution is -0.140. The summed E-state index contributed by atoms with van der Waals surface area (Å²) < 4.78 is 5.53. The van der Waals surface area contributed by atoms with Crippen molar-refractivity contribution in [1.29, 1.82) is 0 Å². The molecule has 1 heterocycles. The lowest BCUT2D eigenvalue weighted by atomic mass is 9.94. The number of hydrogen-bond donors (Lipinski definition) is 3. The number of carbonyl (C=O) groups excluding carboxylic acids is 3. The van der Waals surface area contributed by atoms with Crippen LogP contribution >= 0.6 is 11.6 Å². The van der Waals surface area contributed by atoms with Gasteiger partial charge in [-0.3, -0.25) is 4.90 Å². The van der Waals surface area contributed by atoms with Crippen LogP contribution in [-0.2, 0) is 9.53 Å². The number of allylic oxidation sites excluding steroid dienone is 1. The van der Waals surface area contributed by atoms with E-state index in [0.29, 0.717) is 39.8 Å². The van der Waals surface area contributed by atoms with Crippen molar-refractivity contribution < 1.29 is 19.1 Å². The van der Waals surface area contributed by atoms with Crippen LogP contribution in [0.3, 0.4) is 0 Å². The quantitative estimate of drug-likeness (QED) is 0.392. The predicted octanol–water partition coefficient (Wildman–Crippen LogP) is 5.93. The normalized spacial score (nSPS) is 15.7. The second-order valence-electron chi connectivity index (χ2n) is 8.74. The Bertz CT molecular complexity index is 1110. The van der Waals surface area contributed by atoms with E-state index in [1.807, 2.05) is 20.8 Å². The lowest BCUT2D eigenvalue weighted by Crippen LogP contribution is -2.48. The maximum absolute atomic E-state index is 13.1. The fourth-order valence-electron chi connectivity index (χ4n) is 3.73. The van der Waals surface area contributed by atoms with Crippen molar-refractivity contribution in [3.63, 3.8) is 0 Å². The molecule has 0 radical (unpaired) electrons. The summed E-state index contributed by atoms with van der Waals surface area (Å²) in [6.07, 6.45) is 0.742. The first-order valence-electron chi connectivity index (χ1n) is 11.6. The highest BCUT2D eigenvalue weighted by atomic mass is 35.5. The number of nitrogens with zero attached hydrogens (tertiary/aromatic N) is 1. The van der Waals surface area contributed by atoms with Gasteiger partial charge in [0.25, 0.3) is 0 Å². The number of amides is 4. The number of urea groups is 2. The minimum absolute atomic E-state index is 0.176. The van der Waals surface area contributed by atoms with Crippen molar-refractivity contribution in [1.82, 2.24) is 10.2 Å². The Labute approximate surface area is 210 Å². The van der Waals surface area contributed by atoms with Crippen molar-refractivity contribution in [2.24, 2.45) is 5.92 Å². The number of ether oxygens (including phenoxy) is 1. The Balaban J connectivity index is 1.86. The average Bonchev–Trinajstić information content (AvgIpc) is 2.81. The summed E-state index contributed by atoms with van der Waals surface area (Å²) in [6, 6.07) is 12.3. The van der Waals surface area contributed by atoms with E-state index in [2.05, 4.69) is 16.0 Å². The molecule has 0 aliphatic carbocycles. The Morgan fingerprint density at radius 1 is 1.11 bits per heavy atom. The van der Waals surface area contributed by atoms with Gasteiger partial charge in [0, 0.05) is 28.6 Å². The van der Waals surface area contributed by atoms with Crippen molar-refractivity contribution in [3.05, 3.63) is 70.4 Å². The molecular weight excluding hydrogens is 468 g/mol. The Hall–Kier alpha value is -3.52. The average molecular weight is 499 g/mol. The standard InChI is InChI=1S/C26H31ClN4O4/c1-5-13-31-17(4)22(24(32)35-15-16(2)3)23(30-26(31)34)18-7-6-8-21(14-18)29-25(33)28-20-11-9-19(27)10-12-20/h6-12,14,16,23H,5,13,15H2,1-4H3,(H,30,34)(H2,28,29,33)/t23-/m0/s1. The van der Waals surface area contributed by atoms with Crippen molar-refractivity contribution in [2.75, 3.05) is 23.8 Å². The van der Waals surface area contributed by atoms with E-state index in [1.165, 1.54) is 0 Å². The molecule has 186 valence electrons. The van der Waals surface area contributed by atoms with Crippen LogP contribution in [0.15, 0.2) is 59.8 Å². The highest BCUT2D eigenvalue weighted by Crippen LogP contribution is 2.32. The van der Waals surface area contributed by atoms with Crippen LogP contribution in [0, 0.1) is 5.92 Å².